The zero-order valence-electron chi connectivity index (χ0n) is 16.2. The van der Waals surface area contributed by atoms with Crippen LogP contribution in [0.2, 0.25) is 0 Å². The van der Waals surface area contributed by atoms with Gasteiger partial charge in [-0.2, -0.15) is 0 Å². The zero-order chi connectivity index (χ0) is 21.2. The van der Waals surface area contributed by atoms with Gasteiger partial charge in [-0.05, 0) is 42.4 Å². The van der Waals surface area contributed by atoms with Crippen molar-refractivity contribution in [3.8, 4) is 5.75 Å². The molecule has 0 atom stereocenters. The van der Waals surface area contributed by atoms with Gasteiger partial charge in [-0.1, -0.05) is 53.2 Å². The molecule has 2 aromatic carbocycles. The van der Waals surface area contributed by atoms with Crippen LogP contribution in [0.25, 0.3) is 0 Å². The highest BCUT2D eigenvalue weighted by molar-refractivity contribution is 9.10. The van der Waals surface area contributed by atoms with E-state index < -0.39 is 5.91 Å². The average molecular weight is 478 g/mol. The van der Waals surface area contributed by atoms with Crippen LogP contribution in [0.1, 0.15) is 35.7 Å². The highest BCUT2D eigenvalue weighted by Crippen LogP contribution is 2.23. The second-order valence-corrected chi connectivity index (χ2v) is 7.67. The van der Waals surface area contributed by atoms with E-state index in [0.717, 1.165) is 16.5 Å². The van der Waals surface area contributed by atoms with Gasteiger partial charge in [0.2, 0.25) is 5.91 Å². The molecule has 3 N–H and O–H groups in total. The quantitative estimate of drug-likeness (QED) is 0.538. The molecule has 0 aromatic heterocycles. The predicted octanol–water partition coefficient (Wildman–Crippen LogP) is 3.63. The van der Waals surface area contributed by atoms with Gasteiger partial charge in [0.25, 0.3) is 5.91 Å². The van der Waals surface area contributed by atoms with Gasteiger partial charge in [-0.25, -0.2) is 0 Å². The number of halogens is 1. The second-order valence-electron chi connectivity index (χ2n) is 6.37. The third-order valence-corrected chi connectivity index (χ3v) is 4.85. The van der Waals surface area contributed by atoms with Gasteiger partial charge in [0.1, 0.15) is 5.75 Å². The van der Waals surface area contributed by atoms with E-state index in [1.165, 1.54) is 0 Å². The first-order valence-corrected chi connectivity index (χ1v) is 10.5. The first-order chi connectivity index (χ1) is 13.9. The van der Waals surface area contributed by atoms with Crippen LogP contribution in [0.3, 0.4) is 0 Å². The van der Waals surface area contributed by atoms with E-state index in [2.05, 4.69) is 21.2 Å². The van der Waals surface area contributed by atoms with Crippen molar-refractivity contribution >= 4 is 45.1 Å². The molecule has 0 unspecified atom stereocenters. The van der Waals surface area contributed by atoms with E-state index in [1.54, 1.807) is 17.0 Å². The number of hydrogen-bond acceptors (Lipinski definition) is 4. The number of thiocarbonyl (C=S) groups is 1. The lowest BCUT2D eigenvalue weighted by Gasteiger charge is -2.25. The van der Waals surface area contributed by atoms with Gasteiger partial charge in [-0.3, -0.25) is 14.9 Å². The highest BCUT2D eigenvalue weighted by atomic mass is 79.9. The molecule has 0 fully saturated rings. The summed E-state index contributed by atoms with van der Waals surface area (Å²) in [5.74, 6) is -0.318. The summed E-state index contributed by atoms with van der Waals surface area (Å²) in [6, 6.07) is 14.9. The highest BCUT2D eigenvalue weighted by Gasteiger charge is 2.18. The molecule has 2 amide bonds. The first-order valence-electron chi connectivity index (χ1n) is 9.25. The Balaban J connectivity index is 2.16. The maximum Gasteiger partial charge on any atom is 0.261 e. The van der Waals surface area contributed by atoms with Crippen molar-refractivity contribution in [3.05, 3.63) is 64.1 Å². The van der Waals surface area contributed by atoms with Crippen LogP contribution in [0.15, 0.2) is 53.0 Å². The van der Waals surface area contributed by atoms with Crippen molar-refractivity contribution in [2.75, 3.05) is 13.2 Å². The van der Waals surface area contributed by atoms with Gasteiger partial charge in [0, 0.05) is 24.0 Å². The Hall–Kier alpha value is -2.45. The SMILES string of the molecule is CCCOc1ccc(Br)cc1C(=O)NC(=S)N(CCC(N)=O)Cc1ccccc1. The minimum absolute atomic E-state index is 0.130. The number of rotatable bonds is 9. The van der Waals surface area contributed by atoms with Crippen molar-refractivity contribution in [2.24, 2.45) is 5.73 Å². The van der Waals surface area contributed by atoms with Crippen LogP contribution in [-0.4, -0.2) is 35.0 Å². The molecule has 0 saturated carbocycles. The molecule has 8 heteroatoms. The number of benzene rings is 2. The van der Waals surface area contributed by atoms with Crippen LogP contribution in [0.5, 0.6) is 5.75 Å². The van der Waals surface area contributed by atoms with Crippen LogP contribution < -0.4 is 15.8 Å². The fourth-order valence-corrected chi connectivity index (χ4v) is 3.17. The third-order valence-electron chi connectivity index (χ3n) is 4.00. The van der Waals surface area contributed by atoms with E-state index in [1.807, 2.05) is 43.3 Å². The summed E-state index contributed by atoms with van der Waals surface area (Å²) in [5, 5.41) is 2.97. The lowest BCUT2D eigenvalue weighted by molar-refractivity contribution is -0.118. The summed E-state index contributed by atoms with van der Waals surface area (Å²) >= 11 is 8.84. The molecule has 6 nitrogen and oxygen atoms in total. The molecular formula is C21H24BrN3O3S. The molecule has 2 aromatic rings. The number of primary amides is 1. The zero-order valence-corrected chi connectivity index (χ0v) is 18.6. The van der Waals surface area contributed by atoms with E-state index in [9.17, 15) is 9.59 Å². The normalized spacial score (nSPS) is 10.3. The molecule has 0 bridgehead atoms. The summed E-state index contributed by atoms with van der Waals surface area (Å²) in [4.78, 5) is 25.9. The Labute approximate surface area is 184 Å². The minimum atomic E-state index is -0.431. The van der Waals surface area contributed by atoms with E-state index in [-0.39, 0.29) is 17.4 Å². The Kier molecular flexibility index (Phi) is 9.08. The molecule has 29 heavy (non-hydrogen) atoms. The van der Waals surface area contributed by atoms with Crippen molar-refractivity contribution < 1.29 is 14.3 Å². The molecule has 0 spiro atoms. The number of amides is 2. The Bertz CT molecular complexity index is 862. The average Bonchev–Trinajstić information content (AvgIpc) is 2.70. The fourth-order valence-electron chi connectivity index (χ4n) is 2.56. The van der Waals surface area contributed by atoms with Crippen molar-refractivity contribution in [1.29, 1.82) is 0 Å². The summed E-state index contributed by atoms with van der Waals surface area (Å²) in [7, 11) is 0. The molecular weight excluding hydrogens is 454 g/mol. The summed E-state index contributed by atoms with van der Waals surface area (Å²) in [5.41, 5.74) is 6.67. The number of nitrogens with zero attached hydrogens (tertiary/aromatic N) is 1. The van der Waals surface area contributed by atoms with Crippen LogP contribution in [0.4, 0.5) is 0 Å². The number of hydrogen-bond donors (Lipinski definition) is 2. The molecule has 0 aliphatic carbocycles. The monoisotopic (exact) mass is 477 g/mol. The molecule has 0 saturated heterocycles. The molecule has 0 aliphatic rings. The number of carbonyl (C=O) groups excluding carboxylic acids is 2. The Morgan fingerprint density at radius 3 is 2.59 bits per heavy atom. The van der Waals surface area contributed by atoms with Crippen molar-refractivity contribution in [1.82, 2.24) is 10.2 Å². The number of nitrogens with one attached hydrogen (secondary N) is 1. The van der Waals surface area contributed by atoms with Gasteiger partial charge in [0.05, 0.1) is 12.2 Å². The number of carbonyl (C=O) groups is 2. The summed E-state index contributed by atoms with van der Waals surface area (Å²) < 4.78 is 6.44. The Morgan fingerprint density at radius 1 is 1.21 bits per heavy atom. The third kappa shape index (κ3) is 7.47. The largest absolute Gasteiger partial charge is 0.493 e. The predicted molar refractivity (Wildman–Crippen MR) is 121 cm³/mol. The fraction of sp³-hybridized carbons (Fsp3) is 0.286. The van der Waals surface area contributed by atoms with Gasteiger partial charge in [0.15, 0.2) is 5.11 Å². The van der Waals surface area contributed by atoms with Crippen LogP contribution in [0, 0.1) is 0 Å². The maximum atomic E-state index is 12.9. The Morgan fingerprint density at radius 2 is 1.93 bits per heavy atom. The van der Waals surface area contributed by atoms with Gasteiger partial charge >= 0.3 is 0 Å². The van der Waals surface area contributed by atoms with E-state index >= 15 is 0 Å². The van der Waals surface area contributed by atoms with Crippen LogP contribution >= 0.6 is 28.1 Å². The number of ether oxygens (including phenoxy) is 1. The molecule has 0 radical (unpaired) electrons. The summed E-state index contributed by atoms with van der Waals surface area (Å²) in [6.45, 7) is 3.25. The molecule has 2 rings (SSSR count). The van der Waals surface area contributed by atoms with Gasteiger partial charge < -0.3 is 15.4 Å². The van der Waals surface area contributed by atoms with E-state index in [4.69, 9.17) is 22.7 Å². The number of nitrogens with two attached hydrogens (primary N) is 1. The van der Waals surface area contributed by atoms with Crippen LogP contribution in [-0.2, 0) is 11.3 Å². The lowest BCUT2D eigenvalue weighted by atomic mass is 10.2. The van der Waals surface area contributed by atoms with E-state index in [0.29, 0.717) is 31.0 Å². The topological polar surface area (TPSA) is 84.7 Å². The maximum absolute atomic E-state index is 12.9. The smallest absolute Gasteiger partial charge is 0.261 e. The molecule has 0 aliphatic heterocycles. The minimum Gasteiger partial charge on any atom is -0.493 e. The lowest BCUT2D eigenvalue weighted by Crippen LogP contribution is -2.43. The first kappa shape index (κ1) is 22.8. The standard InChI is InChI=1S/C21H24BrN3O3S/c1-2-12-28-18-9-8-16(22)13-17(18)20(27)24-21(29)25(11-10-19(23)26)14-15-6-4-3-5-7-15/h3-9,13H,2,10-12,14H2,1H3,(H2,23,26)(H,24,27,29). The molecule has 154 valence electrons. The second kappa shape index (κ2) is 11.5. The van der Waals surface area contributed by atoms with Crippen molar-refractivity contribution in [3.63, 3.8) is 0 Å². The summed E-state index contributed by atoms with van der Waals surface area (Å²) in [6.07, 6.45) is 0.956. The molecule has 0 heterocycles. The van der Waals surface area contributed by atoms with Gasteiger partial charge in [-0.15, -0.1) is 0 Å². The van der Waals surface area contributed by atoms with Crippen molar-refractivity contribution in [2.45, 2.75) is 26.3 Å².